The first-order valence-electron chi connectivity index (χ1n) is 4.33. The van der Waals surface area contributed by atoms with E-state index in [0.717, 1.165) is 6.42 Å². The molecule has 0 amide bonds. The molecule has 0 saturated carbocycles. The molecule has 0 aliphatic rings. The average Bonchev–Trinajstić information content (AvgIpc) is 2.18. The molecule has 0 spiro atoms. The predicted octanol–water partition coefficient (Wildman–Crippen LogP) is 2.02. The molecule has 1 aromatic carbocycles. The van der Waals surface area contributed by atoms with E-state index in [1.807, 2.05) is 12.1 Å². The molecule has 1 rings (SSSR count). The Morgan fingerprint density at radius 1 is 1.31 bits per heavy atom. The van der Waals surface area contributed by atoms with Crippen molar-refractivity contribution in [1.82, 2.24) is 0 Å². The standard InChI is InChI=1S/C11H12O2/c1-2-9-3-5-10(6-4-9)11(13)7-8-12/h3-6,8H,2,7H2,1H3. The van der Waals surface area contributed by atoms with Crippen molar-refractivity contribution in [2.24, 2.45) is 0 Å². The summed E-state index contributed by atoms with van der Waals surface area (Å²) in [5.41, 5.74) is 1.81. The zero-order chi connectivity index (χ0) is 9.68. The minimum absolute atomic E-state index is 0.0223. The summed E-state index contributed by atoms with van der Waals surface area (Å²) in [5.74, 6) is -0.113. The van der Waals surface area contributed by atoms with E-state index in [1.165, 1.54) is 5.56 Å². The number of hydrogen-bond donors (Lipinski definition) is 0. The molecule has 0 aliphatic carbocycles. The van der Waals surface area contributed by atoms with E-state index in [9.17, 15) is 9.59 Å². The third-order valence-electron chi connectivity index (χ3n) is 1.95. The van der Waals surface area contributed by atoms with Crippen molar-refractivity contribution >= 4 is 12.1 Å². The van der Waals surface area contributed by atoms with Crippen LogP contribution in [0.2, 0.25) is 0 Å². The van der Waals surface area contributed by atoms with E-state index >= 15 is 0 Å². The minimum Gasteiger partial charge on any atom is -0.303 e. The van der Waals surface area contributed by atoms with E-state index in [4.69, 9.17) is 0 Å². The number of aldehydes is 1. The Hall–Kier alpha value is -1.44. The molecule has 0 heterocycles. The first kappa shape index (κ1) is 9.65. The normalized spacial score (nSPS) is 9.62. The molecule has 0 fully saturated rings. The van der Waals surface area contributed by atoms with Gasteiger partial charge in [0.15, 0.2) is 5.78 Å². The van der Waals surface area contributed by atoms with Gasteiger partial charge in [-0.1, -0.05) is 31.2 Å². The van der Waals surface area contributed by atoms with Crippen molar-refractivity contribution in [2.75, 3.05) is 0 Å². The Labute approximate surface area is 77.6 Å². The van der Waals surface area contributed by atoms with Crippen LogP contribution >= 0.6 is 0 Å². The molecule has 1 aromatic rings. The molecular weight excluding hydrogens is 164 g/mol. The van der Waals surface area contributed by atoms with Gasteiger partial charge in [-0.05, 0) is 12.0 Å². The van der Waals surface area contributed by atoms with Gasteiger partial charge in [-0.2, -0.15) is 0 Å². The molecule has 0 aromatic heterocycles. The van der Waals surface area contributed by atoms with Gasteiger partial charge in [0.1, 0.15) is 6.29 Å². The lowest BCUT2D eigenvalue weighted by molar-refractivity contribution is -0.107. The van der Waals surface area contributed by atoms with E-state index in [1.54, 1.807) is 12.1 Å². The second-order valence-electron chi connectivity index (χ2n) is 2.84. The Morgan fingerprint density at radius 3 is 2.38 bits per heavy atom. The number of hydrogen-bond acceptors (Lipinski definition) is 2. The van der Waals surface area contributed by atoms with Gasteiger partial charge in [0.25, 0.3) is 0 Å². The van der Waals surface area contributed by atoms with Crippen molar-refractivity contribution in [2.45, 2.75) is 19.8 Å². The average molecular weight is 176 g/mol. The maximum atomic E-state index is 11.2. The lowest BCUT2D eigenvalue weighted by Gasteiger charge is -1.98. The fourth-order valence-electron chi connectivity index (χ4n) is 1.12. The number of carbonyl (C=O) groups excluding carboxylic acids is 2. The van der Waals surface area contributed by atoms with Crippen molar-refractivity contribution < 1.29 is 9.59 Å². The van der Waals surface area contributed by atoms with Gasteiger partial charge in [0.2, 0.25) is 0 Å². The molecule has 0 N–H and O–H groups in total. The molecule has 0 bridgehead atoms. The fourth-order valence-corrected chi connectivity index (χ4v) is 1.12. The van der Waals surface area contributed by atoms with Gasteiger partial charge in [0, 0.05) is 5.56 Å². The van der Waals surface area contributed by atoms with Crippen molar-refractivity contribution in [3.8, 4) is 0 Å². The van der Waals surface area contributed by atoms with Gasteiger partial charge in [-0.15, -0.1) is 0 Å². The van der Waals surface area contributed by atoms with Crippen LogP contribution in [0.3, 0.4) is 0 Å². The summed E-state index contributed by atoms with van der Waals surface area (Å²) in [6, 6.07) is 7.37. The molecule has 68 valence electrons. The summed E-state index contributed by atoms with van der Waals surface area (Å²) >= 11 is 0. The largest absolute Gasteiger partial charge is 0.303 e. The van der Waals surface area contributed by atoms with Gasteiger partial charge < -0.3 is 4.79 Å². The Balaban J connectivity index is 2.79. The molecular formula is C11H12O2. The molecule has 0 unspecified atom stereocenters. The molecule has 0 saturated heterocycles. The van der Waals surface area contributed by atoms with E-state index in [0.29, 0.717) is 11.8 Å². The van der Waals surface area contributed by atoms with Crippen LogP contribution < -0.4 is 0 Å². The van der Waals surface area contributed by atoms with Crippen LogP contribution in [-0.4, -0.2) is 12.1 Å². The van der Waals surface area contributed by atoms with Gasteiger partial charge >= 0.3 is 0 Å². The monoisotopic (exact) mass is 176 g/mol. The second kappa shape index (κ2) is 4.55. The number of aryl methyl sites for hydroxylation is 1. The Morgan fingerprint density at radius 2 is 1.92 bits per heavy atom. The van der Waals surface area contributed by atoms with Crippen LogP contribution in [0.4, 0.5) is 0 Å². The maximum Gasteiger partial charge on any atom is 0.169 e. The zero-order valence-electron chi connectivity index (χ0n) is 7.62. The number of ketones is 1. The number of benzene rings is 1. The third-order valence-corrected chi connectivity index (χ3v) is 1.95. The highest BCUT2D eigenvalue weighted by atomic mass is 16.1. The van der Waals surface area contributed by atoms with E-state index in [-0.39, 0.29) is 12.2 Å². The summed E-state index contributed by atoms with van der Waals surface area (Å²) in [5, 5.41) is 0. The summed E-state index contributed by atoms with van der Waals surface area (Å²) in [4.78, 5) is 21.3. The lowest BCUT2D eigenvalue weighted by atomic mass is 10.1. The molecule has 0 aliphatic heterocycles. The molecule has 0 radical (unpaired) electrons. The van der Waals surface area contributed by atoms with Gasteiger partial charge in [0.05, 0.1) is 6.42 Å². The molecule has 0 atom stereocenters. The number of Topliss-reactive ketones (excluding diaryl/α,β-unsaturated/α-hetero) is 1. The van der Waals surface area contributed by atoms with Gasteiger partial charge in [-0.3, -0.25) is 4.79 Å². The first-order chi connectivity index (χ1) is 6.27. The lowest BCUT2D eigenvalue weighted by Crippen LogP contribution is -1.99. The van der Waals surface area contributed by atoms with Crippen molar-refractivity contribution in [3.63, 3.8) is 0 Å². The van der Waals surface area contributed by atoms with Crippen LogP contribution in [0.1, 0.15) is 29.3 Å². The van der Waals surface area contributed by atoms with Crippen LogP contribution in [-0.2, 0) is 11.2 Å². The van der Waals surface area contributed by atoms with E-state index in [2.05, 4.69) is 6.92 Å². The highest BCUT2D eigenvalue weighted by Gasteiger charge is 2.03. The highest BCUT2D eigenvalue weighted by Crippen LogP contribution is 2.06. The highest BCUT2D eigenvalue weighted by molar-refractivity contribution is 6.02. The van der Waals surface area contributed by atoms with Crippen LogP contribution in [0, 0.1) is 0 Å². The van der Waals surface area contributed by atoms with Crippen LogP contribution in [0.25, 0.3) is 0 Å². The second-order valence-corrected chi connectivity index (χ2v) is 2.84. The Kier molecular flexibility index (Phi) is 3.38. The SMILES string of the molecule is CCc1ccc(C(=O)CC=O)cc1. The first-order valence-corrected chi connectivity index (χ1v) is 4.33. The zero-order valence-corrected chi connectivity index (χ0v) is 7.62. The van der Waals surface area contributed by atoms with Crippen LogP contribution in [0.15, 0.2) is 24.3 Å². The summed E-state index contributed by atoms with van der Waals surface area (Å²) in [6.45, 7) is 2.06. The van der Waals surface area contributed by atoms with Gasteiger partial charge in [-0.25, -0.2) is 0 Å². The Bertz CT molecular complexity index is 298. The van der Waals surface area contributed by atoms with Crippen molar-refractivity contribution in [1.29, 1.82) is 0 Å². The fraction of sp³-hybridized carbons (Fsp3) is 0.273. The van der Waals surface area contributed by atoms with Crippen LogP contribution in [0.5, 0.6) is 0 Å². The summed E-state index contributed by atoms with van der Waals surface area (Å²) in [6.07, 6.45) is 1.57. The number of carbonyl (C=O) groups is 2. The smallest absolute Gasteiger partial charge is 0.169 e. The topological polar surface area (TPSA) is 34.1 Å². The molecule has 2 nitrogen and oxygen atoms in total. The third kappa shape index (κ3) is 2.51. The molecule has 13 heavy (non-hydrogen) atoms. The summed E-state index contributed by atoms with van der Waals surface area (Å²) in [7, 11) is 0. The quantitative estimate of drug-likeness (QED) is 0.399. The minimum atomic E-state index is -0.113. The maximum absolute atomic E-state index is 11.2. The number of rotatable bonds is 4. The summed E-state index contributed by atoms with van der Waals surface area (Å²) < 4.78 is 0. The predicted molar refractivity (Wildman–Crippen MR) is 50.8 cm³/mol. The van der Waals surface area contributed by atoms with E-state index < -0.39 is 0 Å². The van der Waals surface area contributed by atoms with Crippen molar-refractivity contribution in [3.05, 3.63) is 35.4 Å². The molecule has 2 heteroatoms.